The van der Waals surface area contributed by atoms with Crippen LogP contribution in [0.15, 0.2) is 12.1 Å². The zero-order chi connectivity index (χ0) is 11.7. The van der Waals surface area contributed by atoms with E-state index in [4.69, 9.17) is 4.74 Å². The summed E-state index contributed by atoms with van der Waals surface area (Å²) in [6, 6.07) is 3.54. The molecule has 0 radical (unpaired) electrons. The van der Waals surface area contributed by atoms with Gasteiger partial charge in [0.05, 0.1) is 6.10 Å². The van der Waals surface area contributed by atoms with Gasteiger partial charge in [0.2, 0.25) is 0 Å². The average Bonchev–Trinajstić information content (AvgIpc) is 2.18. The molecule has 0 amide bonds. The van der Waals surface area contributed by atoms with Crippen LogP contribution in [-0.4, -0.2) is 12.7 Å². The van der Waals surface area contributed by atoms with Crippen LogP contribution in [0.3, 0.4) is 0 Å². The fourth-order valence-electron chi connectivity index (χ4n) is 1.93. The fourth-order valence-corrected chi connectivity index (χ4v) is 1.93. The Bertz CT molecular complexity index is 391. The van der Waals surface area contributed by atoms with Crippen molar-refractivity contribution in [2.24, 2.45) is 0 Å². The molecule has 4 heteroatoms. The minimum Gasteiger partial charge on any atom is -0.487 e. The van der Waals surface area contributed by atoms with Crippen LogP contribution in [0.2, 0.25) is 0 Å². The number of benzene rings is 1. The third-order valence-electron chi connectivity index (χ3n) is 2.63. The quantitative estimate of drug-likeness (QED) is 0.773. The number of halogens is 2. The predicted octanol–water partition coefficient (Wildman–Crippen LogP) is 3.31. The largest absolute Gasteiger partial charge is 0.487 e. The average molecular weight is 228 g/mol. The van der Waals surface area contributed by atoms with Crippen molar-refractivity contribution in [1.82, 2.24) is 0 Å². The van der Waals surface area contributed by atoms with Gasteiger partial charge in [-0.2, -0.15) is 8.78 Å². The molecule has 2 nitrogen and oxygen atoms in total. The van der Waals surface area contributed by atoms with Gasteiger partial charge in [-0.25, -0.2) is 0 Å². The van der Waals surface area contributed by atoms with Crippen LogP contribution in [-0.2, 0) is 6.42 Å². The summed E-state index contributed by atoms with van der Waals surface area (Å²) in [5.74, 6) is 0.626. The van der Waals surface area contributed by atoms with E-state index in [-0.39, 0.29) is 11.9 Å². The van der Waals surface area contributed by atoms with Gasteiger partial charge < -0.3 is 9.47 Å². The van der Waals surface area contributed by atoms with Crippen molar-refractivity contribution in [3.8, 4) is 11.5 Å². The first-order chi connectivity index (χ1) is 7.56. The second kappa shape index (κ2) is 4.28. The maximum absolute atomic E-state index is 12.2. The molecule has 1 atom stereocenters. The van der Waals surface area contributed by atoms with Gasteiger partial charge in [0.15, 0.2) is 11.5 Å². The van der Waals surface area contributed by atoms with Crippen LogP contribution in [0.5, 0.6) is 11.5 Å². The highest BCUT2D eigenvalue weighted by Crippen LogP contribution is 2.38. The highest BCUT2D eigenvalue weighted by atomic mass is 19.3. The molecule has 0 bridgehead atoms. The summed E-state index contributed by atoms with van der Waals surface area (Å²) in [5.41, 5.74) is 1.86. The van der Waals surface area contributed by atoms with Gasteiger partial charge in [0.25, 0.3) is 0 Å². The Morgan fingerprint density at radius 1 is 1.44 bits per heavy atom. The molecule has 0 aliphatic carbocycles. The Morgan fingerprint density at radius 3 is 2.88 bits per heavy atom. The van der Waals surface area contributed by atoms with E-state index in [0.29, 0.717) is 5.75 Å². The molecule has 0 spiro atoms. The number of alkyl halides is 2. The smallest absolute Gasteiger partial charge is 0.387 e. The van der Waals surface area contributed by atoms with E-state index in [9.17, 15) is 8.78 Å². The molecule has 1 aliphatic heterocycles. The molecule has 1 aromatic carbocycles. The monoisotopic (exact) mass is 228 g/mol. The SMILES string of the molecule is Cc1cc2c(c(OC(F)F)c1)OC(C)CC2. The van der Waals surface area contributed by atoms with Gasteiger partial charge in [-0.05, 0) is 43.9 Å². The maximum Gasteiger partial charge on any atom is 0.387 e. The van der Waals surface area contributed by atoms with Gasteiger partial charge in [-0.1, -0.05) is 6.07 Å². The number of hydrogen-bond acceptors (Lipinski definition) is 2. The Balaban J connectivity index is 2.39. The van der Waals surface area contributed by atoms with Crippen LogP contribution in [0.4, 0.5) is 8.78 Å². The normalized spacial score (nSPS) is 19.2. The summed E-state index contributed by atoms with van der Waals surface area (Å²) in [7, 11) is 0. The van der Waals surface area contributed by atoms with Crippen molar-refractivity contribution >= 4 is 0 Å². The molecule has 1 aromatic rings. The Labute approximate surface area is 93.2 Å². The van der Waals surface area contributed by atoms with Gasteiger partial charge in [0, 0.05) is 0 Å². The van der Waals surface area contributed by atoms with Crippen molar-refractivity contribution in [1.29, 1.82) is 0 Å². The molecule has 0 saturated heterocycles. The summed E-state index contributed by atoms with van der Waals surface area (Å²) in [4.78, 5) is 0. The summed E-state index contributed by atoms with van der Waals surface area (Å²) in [6.45, 7) is 0.970. The molecule has 2 rings (SSSR count). The molecule has 1 heterocycles. The molecule has 16 heavy (non-hydrogen) atoms. The zero-order valence-corrected chi connectivity index (χ0v) is 9.30. The number of ether oxygens (including phenoxy) is 2. The molecular weight excluding hydrogens is 214 g/mol. The van der Waals surface area contributed by atoms with Crippen LogP contribution in [0.1, 0.15) is 24.5 Å². The lowest BCUT2D eigenvalue weighted by Gasteiger charge is -2.25. The number of hydrogen-bond donors (Lipinski definition) is 0. The van der Waals surface area contributed by atoms with E-state index in [1.807, 2.05) is 19.9 Å². The van der Waals surface area contributed by atoms with Gasteiger partial charge in [0.1, 0.15) is 0 Å². The lowest BCUT2D eigenvalue weighted by atomic mass is 10.0. The van der Waals surface area contributed by atoms with E-state index in [1.54, 1.807) is 6.07 Å². The molecule has 0 saturated carbocycles. The van der Waals surface area contributed by atoms with E-state index < -0.39 is 6.61 Å². The Hall–Kier alpha value is -1.32. The van der Waals surface area contributed by atoms with Crippen LogP contribution in [0.25, 0.3) is 0 Å². The molecule has 1 aliphatic rings. The zero-order valence-electron chi connectivity index (χ0n) is 9.30. The summed E-state index contributed by atoms with van der Waals surface area (Å²) >= 11 is 0. The number of rotatable bonds is 2. The summed E-state index contributed by atoms with van der Waals surface area (Å²) in [5, 5.41) is 0. The van der Waals surface area contributed by atoms with Crippen LogP contribution in [0, 0.1) is 6.92 Å². The first-order valence-electron chi connectivity index (χ1n) is 5.31. The van der Waals surface area contributed by atoms with Crippen molar-refractivity contribution in [2.75, 3.05) is 0 Å². The molecule has 1 unspecified atom stereocenters. The predicted molar refractivity (Wildman–Crippen MR) is 56.2 cm³/mol. The van der Waals surface area contributed by atoms with E-state index in [1.165, 1.54) is 0 Å². The van der Waals surface area contributed by atoms with E-state index >= 15 is 0 Å². The first-order valence-corrected chi connectivity index (χ1v) is 5.31. The first kappa shape index (κ1) is 11.2. The van der Waals surface area contributed by atoms with Gasteiger partial charge in [-0.15, -0.1) is 0 Å². The highest BCUT2D eigenvalue weighted by molar-refractivity contribution is 5.50. The van der Waals surface area contributed by atoms with Gasteiger partial charge >= 0.3 is 6.61 Å². The molecule has 88 valence electrons. The van der Waals surface area contributed by atoms with Gasteiger partial charge in [-0.3, -0.25) is 0 Å². The minimum atomic E-state index is -2.81. The molecular formula is C12H14F2O2. The second-order valence-electron chi connectivity index (χ2n) is 4.10. The van der Waals surface area contributed by atoms with Crippen molar-refractivity contribution in [2.45, 2.75) is 39.4 Å². The standard InChI is InChI=1S/C12H14F2O2/c1-7-5-9-4-3-8(2)15-11(9)10(6-7)16-12(13)14/h5-6,8,12H,3-4H2,1-2H3. The summed E-state index contributed by atoms with van der Waals surface area (Å²) < 4.78 is 34.5. The minimum absolute atomic E-state index is 0.0511. The van der Waals surface area contributed by atoms with Crippen molar-refractivity contribution in [3.63, 3.8) is 0 Å². The molecule has 0 N–H and O–H groups in total. The Kier molecular flexibility index (Phi) is 2.99. The highest BCUT2D eigenvalue weighted by Gasteiger charge is 2.22. The lowest BCUT2D eigenvalue weighted by molar-refractivity contribution is -0.0524. The van der Waals surface area contributed by atoms with Crippen molar-refractivity contribution in [3.05, 3.63) is 23.3 Å². The van der Waals surface area contributed by atoms with Crippen molar-refractivity contribution < 1.29 is 18.3 Å². The lowest BCUT2D eigenvalue weighted by Crippen LogP contribution is -2.20. The second-order valence-corrected chi connectivity index (χ2v) is 4.10. The summed E-state index contributed by atoms with van der Waals surface area (Å²) in [6.07, 6.45) is 1.80. The topological polar surface area (TPSA) is 18.5 Å². The fraction of sp³-hybridized carbons (Fsp3) is 0.500. The van der Waals surface area contributed by atoms with E-state index in [2.05, 4.69) is 4.74 Å². The third-order valence-corrected chi connectivity index (χ3v) is 2.63. The Morgan fingerprint density at radius 2 is 2.19 bits per heavy atom. The third kappa shape index (κ3) is 2.26. The van der Waals surface area contributed by atoms with Crippen LogP contribution >= 0.6 is 0 Å². The maximum atomic E-state index is 12.2. The molecule has 0 aromatic heterocycles. The number of fused-ring (bicyclic) bond motifs is 1. The number of aryl methyl sites for hydroxylation is 2. The molecule has 0 fully saturated rings. The van der Waals surface area contributed by atoms with E-state index in [0.717, 1.165) is 24.0 Å². The van der Waals surface area contributed by atoms with Crippen LogP contribution < -0.4 is 9.47 Å².